The van der Waals surface area contributed by atoms with Gasteiger partial charge in [-0.2, -0.15) is 0 Å². The minimum absolute atomic E-state index is 0. The Kier molecular flexibility index (Phi) is 6.74. The van der Waals surface area contributed by atoms with Crippen molar-refractivity contribution in [3.63, 3.8) is 0 Å². The highest BCUT2D eigenvalue weighted by Crippen LogP contribution is 2.33. The van der Waals surface area contributed by atoms with Crippen LogP contribution >= 0.6 is 28.3 Å². The summed E-state index contributed by atoms with van der Waals surface area (Å²) in [7, 11) is 0. The Balaban J connectivity index is 0.00000176. The Morgan fingerprint density at radius 1 is 1.05 bits per heavy atom. The lowest BCUT2D eigenvalue weighted by atomic mass is 9.99. The van der Waals surface area contributed by atoms with Crippen LogP contribution in [-0.4, -0.2) is 19.7 Å². The van der Waals surface area contributed by atoms with E-state index in [1.165, 1.54) is 18.4 Å². The van der Waals surface area contributed by atoms with Gasteiger partial charge in [-0.05, 0) is 55.6 Å². The van der Waals surface area contributed by atoms with Crippen molar-refractivity contribution >= 4 is 28.3 Å². The first-order valence-electron chi connectivity index (χ1n) is 7.51. The van der Waals surface area contributed by atoms with Crippen molar-refractivity contribution in [1.29, 1.82) is 0 Å². The molecule has 1 saturated heterocycles. The molecule has 1 aliphatic heterocycles. The van der Waals surface area contributed by atoms with E-state index >= 15 is 0 Å². The van der Waals surface area contributed by atoms with Crippen LogP contribution in [0, 0.1) is 5.92 Å². The van der Waals surface area contributed by atoms with Gasteiger partial charge in [0.2, 0.25) is 0 Å². The van der Waals surface area contributed by atoms with Gasteiger partial charge < -0.3 is 10.1 Å². The lowest BCUT2D eigenvalue weighted by Crippen LogP contribution is -2.30. The number of benzene rings is 2. The van der Waals surface area contributed by atoms with E-state index in [0.717, 1.165) is 35.5 Å². The molecule has 0 spiro atoms. The quantitative estimate of drug-likeness (QED) is 0.810. The van der Waals surface area contributed by atoms with Crippen LogP contribution in [0.25, 0.3) is 11.1 Å². The second-order valence-corrected chi connectivity index (χ2v) is 6.43. The fraction of sp³-hybridized carbons (Fsp3) is 0.333. The SMILES string of the molecule is Brc1ccc(OCC2CCNCC2)c(-c2ccccc2)c1.Cl. The first-order valence-corrected chi connectivity index (χ1v) is 8.31. The standard InChI is InChI=1S/C18H20BrNO.ClH/c19-16-6-7-18(21-13-14-8-10-20-11-9-14)17(12-16)15-4-2-1-3-5-15;/h1-7,12,14,20H,8-11,13H2;1H. The average molecular weight is 383 g/mol. The van der Waals surface area contributed by atoms with E-state index in [9.17, 15) is 0 Å². The van der Waals surface area contributed by atoms with Crippen molar-refractivity contribution in [2.75, 3.05) is 19.7 Å². The van der Waals surface area contributed by atoms with E-state index in [1.807, 2.05) is 12.1 Å². The van der Waals surface area contributed by atoms with Crippen molar-refractivity contribution < 1.29 is 4.74 Å². The minimum Gasteiger partial charge on any atom is -0.493 e. The number of halogens is 2. The third kappa shape index (κ3) is 4.48. The summed E-state index contributed by atoms with van der Waals surface area (Å²) in [6, 6.07) is 16.7. The summed E-state index contributed by atoms with van der Waals surface area (Å²) < 4.78 is 7.22. The predicted octanol–water partition coefficient (Wildman–Crippen LogP) is 4.92. The summed E-state index contributed by atoms with van der Waals surface area (Å²) in [6.07, 6.45) is 2.41. The highest BCUT2D eigenvalue weighted by molar-refractivity contribution is 9.10. The summed E-state index contributed by atoms with van der Waals surface area (Å²) in [5.74, 6) is 1.64. The molecule has 0 atom stereocenters. The van der Waals surface area contributed by atoms with Gasteiger partial charge in [-0.1, -0.05) is 46.3 Å². The van der Waals surface area contributed by atoms with Gasteiger partial charge in [0, 0.05) is 10.0 Å². The summed E-state index contributed by atoms with van der Waals surface area (Å²) in [5.41, 5.74) is 2.35. The first-order chi connectivity index (χ1) is 10.3. The van der Waals surface area contributed by atoms with E-state index in [0.29, 0.717) is 5.92 Å². The molecular weight excluding hydrogens is 362 g/mol. The first kappa shape index (κ1) is 17.3. The minimum atomic E-state index is 0. The molecule has 1 fully saturated rings. The molecule has 4 heteroatoms. The number of hydrogen-bond donors (Lipinski definition) is 1. The van der Waals surface area contributed by atoms with Crippen molar-refractivity contribution in [1.82, 2.24) is 5.32 Å². The predicted molar refractivity (Wildman–Crippen MR) is 97.9 cm³/mol. The van der Waals surface area contributed by atoms with Gasteiger partial charge in [0.15, 0.2) is 0 Å². The number of piperidine rings is 1. The zero-order valence-corrected chi connectivity index (χ0v) is 14.8. The Hall–Kier alpha value is -1.03. The van der Waals surface area contributed by atoms with Crippen molar-refractivity contribution in [3.8, 4) is 16.9 Å². The number of ether oxygens (including phenoxy) is 1. The van der Waals surface area contributed by atoms with Crippen molar-refractivity contribution in [2.45, 2.75) is 12.8 Å². The lowest BCUT2D eigenvalue weighted by molar-refractivity contribution is 0.216. The monoisotopic (exact) mass is 381 g/mol. The Labute approximate surface area is 146 Å². The molecule has 0 unspecified atom stereocenters. The second-order valence-electron chi connectivity index (χ2n) is 5.51. The van der Waals surface area contributed by atoms with Gasteiger partial charge in [-0.25, -0.2) is 0 Å². The molecule has 1 N–H and O–H groups in total. The zero-order valence-electron chi connectivity index (χ0n) is 12.4. The van der Waals surface area contributed by atoms with Crippen LogP contribution in [0.2, 0.25) is 0 Å². The van der Waals surface area contributed by atoms with Crippen LogP contribution in [0.1, 0.15) is 12.8 Å². The smallest absolute Gasteiger partial charge is 0.127 e. The van der Waals surface area contributed by atoms with Crippen LogP contribution < -0.4 is 10.1 Å². The average Bonchev–Trinajstić information content (AvgIpc) is 2.55. The van der Waals surface area contributed by atoms with Gasteiger partial charge in [-0.15, -0.1) is 12.4 Å². The third-order valence-electron chi connectivity index (χ3n) is 3.96. The Morgan fingerprint density at radius 2 is 1.77 bits per heavy atom. The molecule has 2 aromatic rings. The maximum atomic E-state index is 6.14. The summed E-state index contributed by atoms with van der Waals surface area (Å²) >= 11 is 3.56. The number of nitrogens with one attached hydrogen (secondary N) is 1. The van der Waals surface area contributed by atoms with Crippen LogP contribution in [0.4, 0.5) is 0 Å². The van der Waals surface area contributed by atoms with Crippen LogP contribution in [-0.2, 0) is 0 Å². The van der Waals surface area contributed by atoms with Gasteiger partial charge in [-0.3, -0.25) is 0 Å². The molecule has 1 aliphatic rings. The van der Waals surface area contributed by atoms with E-state index in [2.05, 4.69) is 57.6 Å². The molecule has 0 saturated carbocycles. The molecule has 1 heterocycles. The van der Waals surface area contributed by atoms with E-state index in [1.54, 1.807) is 0 Å². The fourth-order valence-electron chi connectivity index (χ4n) is 2.73. The van der Waals surface area contributed by atoms with Crippen molar-refractivity contribution in [3.05, 3.63) is 53.0 Å². The third-order valence-corrected chi connectivity index (χ3v) is 4.45. The fourth-order valence-corrected chi connectivity index (χ4v) is 3.09. The molecule has 0 radical (unpaired) electrons. The number of rotatable bonds is 4. The van der Waals surface area contributed by atoms with Crippen LogP contribution in [0.3, 0.4) is 0 Å². The summed E-state index contributed by atoms with van der Waals surface area (Å²) in [6.45, 7) is 3.03. The highest BCUT2D eigenvalue weighted by Gasteiger charge is 2.15. The summed E-state index contributed by atoms with van der Waals surface area (Å²) in [4.78, 5) is 0. The molecule has 2 aromatic carbocycles. The van der Waals surface area contributed by atoms with Gasteiger partial charge in [0.1, 0.15) is 5.75 Å². The summed E-state index contributed by atoms with van der Waals surface area (Å²) in [5, 5.41) is 3.40. The maximum absolute atomic E-state index is 6.14. The van der Waals surface area contributed by atoms with Gasteiger partial charge >= 0.3 is 0 Å². The van der Waals surface area contributed by atoms with Crippen LogP contribution in [0.15, 0.2) is 53.0 Å². The zero-order chi connectivity index (χ0) is 14.5. The lowest BCUT2D eigenvalue weighted by Gasteiger charge is -2.23. The molecule has 0 aliphatic carbocycles. The molecule has 0 bridgehead atoms. The maximum Gasteiger partial charge on any atom is 0.127 e. The molecule has 0 amide bonds. The second kappa shape index (κ2) is 8.56. The van der Waals surface area contributed by atoms with E-state index in [4.69, 9.17) is 4.74 Å². The Bertz CT molecular complexity index is 585. The number of hydrogen-bond acceptors (Lipinski definition) is 2. The molecule has 0 aromatic heterocycles. The van der Waals surface area contributed by atoms with Crippen molar-refractivity contribution in [2.24, 2.45) is 5.92 Å². The Morgan fingerprint density at radius 3 is 2.50 bits per heavy atom. The topological polar surface area (TPSA) is 21.3 Å². The van der Waals surface area contributed by atoms with Gasteiger partial charge in [0.25, 0.3) is 0 Å². The molecule has 22 heavy (non-hydrogen) atoms. The van der Waals surface area contributed by atoms with E-state index in [-0.39, 0.29) is 12.4 Å². The molecule has 2 nitrogen and oxygen atoms in total. The molecule has 3 rings (SSSR count). The highest BCUT2D eigenvalue weighted by atomic mass is 79.9. The van der Waals surface area contributed by atoms with E-state index < -0.39 is 0 Å². The largest absolute Gasteiger partial charge is 0.493 e. The molecular formula is C18H21BrClNO. The normalized spacial score (nSPS) is 15.1. The van der Waals surface area contributed by atoms with Gasteiger partial charge in [0.05, 0.1) is 6.61 Å². The van der Waals surface area contributed by atoms with Crippen LogP contribution in [0.5, 0.6) is 5.75 Å². The molecule has 118 valence electrons.